The van der Waals surface area contributed by atoms with Crippen LogP contribution >= 0.6 is 12.4 Å². The number of carbonyl (C=O) groups excluding carboxylic acids is 1. The first-order valence-electron chi connectivity index (χ1n) is 7.30. The maximum atomic E-state index is 12.2. The highest BCUT2D eigenvalue weighted by Gasteiger charge is 2.22. The summed E-state index contributed by atoms with van der Waals surface area (Å²) in [6.07, 6.45) is 2.96. The van der Waals surface area contributed by atoms with Crippen LogP contribution in [0.1, 0.15) is 43.9 Å². The van der Waals surface area contributed by atoms with Crippen LogP contribution in [0.4, 0.5) is 0 Å². The normalized spacial score (nSPS) is 17.1. The van der Waals surface area contributed by atoms with Crippen molar-refractivity contribution in [3.63, 3.8) is 0 Å². The molecule has 0 aromatic heterocycles. The lowest BCUT2D eigenvalue weighted by Gasteiger charge is -2.24. The second kappa shape index (κ2) is 8.28. The van der Waals surface area contributed by atoms with Gasteiger partial charge < -0.3 is 10.6 Å². The fraction of sp³-hybridized carbons (Fsp3) is 0.562. The lowest BCUT2D eigenvalue weighted by atomic mass is 9.96. The van der Waals surface area contributed by atoms with Gasteiger partial charge in [0.25, 0.3) is 0 Å². The van der Waals surface area contributed by atoms with Crippen LogP contribution < -0.4 is 10.6 Å². The predicted molar refractivity (Wildman–Crippen MR) is 85.2 cm³/mol. The molecule has 1 saturated heterocycles. The molecule has 1 unspecified atom stereocenters. The van der Waals surface area contributed by atoms with E-state index in [-0.39, 0.29) is 30.3 Å². The van der Waals surface area contributed by atoms with Gasteiger partial charge in [0, 0.05) is 5.92 Å². The summed E-state index contributed by atoms with van der Waals surface area (Å²) in [7, 11) is 0. The number of hydrogen-bond donors (Lipinski definition) is 2. The van der Waals surface area contributed by atoms with Crippen molar-refractivity contribution in [2.24, 2.45) is 5.92 Å². The molecule has 0 saturated carbocycles. The Balaban J connectivity index is 0.00000200. The Hall–Kier alpha value is -1.06. The lowest BCUT2D eigenvalue weighted by Crippen LogP contribution is -2.39. The standard InChI is InChI=1S/C16H24N2O.ClH/c1-3-13-4-6-14(7-5-13)12(2)18-16(19)15-8-10-17-11-9-15;/h4-7,12,15,17H,3,8-11H2,1-2H3,(H,18,19);1H. The minimum absolute atomic E-state index is 0. The third-order valence-electron chi connectivity index (χ3n) is 3.96. The third-order valence-corrected chi connectivity index (χ3v) is 3.96. The summed E-state index contributed by atoms with van der Waals surface area (Å²) < 4.78 is 0. The van der Waals surface area contributed by atoms with E-state index in [1.807, 2.05) is 0 Å². The van der Waals surface area contributed by atoms with E-state index in [0.29, 0.717) is 0 Å². The number of hydrogen-bond acceptors (Lipinski definition) is 2. The van der Waals surface area contributed by atoms with Gasteiger partial charge >= 0.3 is 0 Å². The molecular weight excluding hydrogens is 272 g/mol. The smallest absolute Gasteiger partial charge is 0.223 e. The summed E-state index contributed by atoms with van der Waals surface area (Å²) in [5.41, 5.74) is 2.51. The van der Waals surface area contributed by atoms with Crippen molar-refractivity contribution in [1.82, 2.24) is 10.6 Å². The van der Waals surface area contributed by atoms with E-state index in [1.165, 1.54) is 11.1 Å². The van der Waals surface area contributed by atoms with Crippen LogP contribution in [-0.2, 0) is 11.2 Å². The van der Waals surface area contributed by atoms with Gasteiger partial charge in [0.2, 0.25) is 5.91 Å². The molecule has 1 aromatic carbocycles. The first-order valence-corrected chi connectivity index (χ1v) is 7.30. The van der Waals surface area contributed by atoms with E-state index in [1.54, 1.807) is 0 Å². The highest BCUT2D eigenvalue weighted by atomic mass is 35.5. The van der Waals surface area contributed by atoms with Crippen LogP contribution in [0.2, 0.25) is 0 Å². The monoisotopic (exact) mass is 296 g/mol. The minimum atomic E-state index is 0. The molecule has 0 spiro atoms. The average molecular weight is 297 g/mol. The van der Waals surface area contributed by atoms with E-state index < -0.39 is 0 Å². The molecule has 0 bridgehead atoms. The van der Waals surface area contributed by atoms with Gasteiger partial charge in [0.15, 0.2) is 0 Å². The number of aryl methyl sites for hydroxylation is 1. The molecule has 0 radical (unpaired) electrons. The number of nitrogens with one attached hydrogen (secondary N) is 2. The fourth-order valence-corrected chi connectivity index (χ4v) is 2.54. The molecule has 20 heavy (non-hydrogen) atoms. The number of benzene rings is 1. The molecule has 1 fully saturated rings. The Labute approximate surface area is 127 Å². The Bertz CT molecular complexity index is 413. The molecule has 112 valence electrons. The van der Waals surface area contributed by atoms with Crippen LogP contribution in [0.25, 0.3) is 0 Å². The summed E-state index contributed by atoms with van der Waals surface area (Å²) >= 11 is 0. The van der Waals surface area contributed by atoms with Gasteiger partial charge in [-0.1, -0.05) is 31.2 Å². The van der Waals surface area contributed by atoms with Crippen molar-refractivity contribution in [3.05, 3.63) is 35.4 Å². The SMILES string of the molecule is CCc1ccc(C(C)NC(=O)C2CCNCC2)cc1.Cl. The third kappa shape index (κ3) is 4.50. The number of carbonyl (C=O) groups is 1. The maximum absolute atomic E-state index is 12.2. The number of halogens is 1. The predicted octanol–water partition coefficient (Wildman–Crippen LogP) is 2.85. The summed E-state index contributed by atoms with van der Waals surface area (Å²) in [5.74, 6) is 0.382. The molecule has 3 nitrogen and oxygen atoms in total. The Morgan fingerprint density at radius 1 is 1.30 bits per heavy atom. The minimum Gasteiger partial charge on any atom is -0.349 e. The van der Waals surface area contributed by atoms with Crippen molar-refractivity contribution in [2.45, 2.75) is 39.2 Å². The fourth-order valence-electron chi connectivity index (χ4n) is 2.54. The highest BCUT2D eigenvalue weighted by molar-refractivity contribution is 5.85. The summed E-state index contributed by atoms with van der Waals surface area (Å²) in [6, 6.07) is 8.61. The molecule has 2 N–H and O–H groups in total. The zero-order chi connectivity index (χ0) is 13.7. The maximum Gasteiger partial charge on any atom is 0.223 e. The van der Waals surface area contributed by atoms with Crippen molar-refractivity contribution < 1.29 is 4.79 Å². The molecule has 1 heterocycles. The van der Waals surface area contributed by atoms with E-state index in [4.69, 9.17) is 0 Å². The van der Waals surface area contributed by atoms with Crippen LogP contribution in [0, 0.1) is 5.92 Å². The van der Waals surface area contributed by atoms with Crippen LogP contribution in [-0.4, -0.2) is 19.0 Å². The second-order valence-electron chi connectivity index (χ2n) is 5.35. The molecular formula is C16H25ClN2O. The first-order chi connectivity index (χ1) is 9.20. The molecule has 1 amide bonds. The van der Waals surface area contributed by atoms with Crippen molar-refractivity contribution in [2.75, 3.05) is 13.1 Å². The number of amides is 1. The quantitative estimate of drug-likeness (QED) is 0.897. The molecule has 1 aromatic rings. The molecule has 1 aliphatic heterocycles. The average Bonchev–Trinajstić information content (AvgIpc) is 2.48. The van der Waals surface area contributed by atoms with Crippen molar-refractivity contribution >= 4 is 18.3 Å². The molecule has 1 aliphatic rings. The zero-order valence-corrected chi connectivity index (χ0v) is 13.1. The summed E-state index contributed by atoms with van der Waals surface area (Å²) in [6.45, 7) is 6.12. The van der Waals surface area contributed by atoms with Gasteiger partial charge in [-0.2, -0.15) is 0 Å². The Morgan fingerprint density at radius 2 is 1.90 bits per heavy atom. The van der Waals surface area contributed by atoms with Gasteiger partial charge in [-0.3, -0.25) is 4.79 Å². The topological polar surface area (TPSA) is 41.1 Å². The zero-order valence-electron chi connectivity index (χ0n) is 12.3. The van der Waals surface area contributed by atoms with Crippen molar-refractivity contribution in [3.8, 4) is 0 Å². The number of rotatable bonds is 4. The van der Waals surface area contributed by atoms with Gasteiger partial charge in [-0.05, 0) is 50.4 Å². The lowest BCUT2D eigenvalue weighted by molar-refractivity contribution is -0.126. The Morgan fingerprint density at radius 3 is 2.45 bits per heavy atom. The van der Waals surface area contributed by atoms with Gasteiger partial charge in [0.05, 0.1) is 6.04 Å². The van der Waals surface area contributed by atoms with Crippen LogP contribution in [0.5, 0.6) is 0 Å². The first kappa shape index (κ1) is 17.0. The molecule has 1 atom stereocenters. The van der Waals surface area contributed by atoms with E-state index in [2.05, 4.69) is 48.7 Å². The molecule has 2 rings (SSSR count). The van der Waals surface area contributed by atoms with Crippen LogP contribution in [0.15, 0.2) is 24.3 Å². The molecule has 4 heteroatoms. The summed E-state index contributed by atoms with van der Waals surface area (Å²) in [5, 5.41) is 6.42. The largest absolute Gasteiger partial charge is 0.349 e. The van der Waals surface area contributed by atoms with Crippen molar-refractivity contribution in [1.29, 1.82) is 0 Å². The van der Waals surface area contributed by atoms with Crippen LogP contribution in [0.3, 0.4) is 0 Å². The van der Waals surface area contributed by atoms with Gasteiger partial charge in [0.1, 0.15) is 0 Å². The van der Waals surface area contributed by atoms with E-state index >= 15 is 0 Å². The van der Waals surface area contributed by atoms with Gasteiger partial charge in [-0.15, -0.1) is 12.4 Å². The Kier molecular flexibility index (Phi) is 7.03. The molecule has 0 aliphatic carbocycles. The second-order valence-corrected chi connectivity index (χ2v) is 5.35. The number of piperidine rings is 1. The summed E-state index contributed by atoms with van der Waals surface area (Å²) in [4.78, 5) is 12.2. The van der Waals surface area contributed by atoms with E-state index in [0.717, 1.165) is 32.4 Å². The van der Waals surface area contributed by atoms with E-state index in [9.17, 15) is 4.79 Å². The van der Waals surface area contributed by atoms with Gasteiger partial charge in [-0.25, -0.2) is 0 Å². The highest BCUT2D eigenvalue weighted by Crippen LogP contribution is 2.17.